The lowest BCUT2D eigenvalue weighted by atomic mass is 10.1. The first-order chi connectivity index (χ1) is 11.0. The minimum atomic E-state index is -0.694. The van der Waals surface area contributed by atoms with Gasteiger partial charge in [-0.2, -0.15) is 0 Å². The molecular formula is C18H22O5. The highest BCUT2D eigenvalue weighted by Crippen LogP contribution is 2.29. The van der Waals surface area contributed by atoms with Crippen molar-refractivity contribution in [1.82, 2.24) is 0 Å². The molecule has 5 heteroatoms. The monoisotopic (exact) mass is 318 g/mol. The number of aliphatic hydroxyl groups excluding tert-OH is 1. The van der Waals surface area contributed by atoms with Crippen LogP contribution in [0, 0.1) is 0 Å². The molecule has 1 aliphatic carbocycles. The Kier molecular flexibility index (Phi) is 4.68. The van der Waals surface area contributed by atoms with Crippen molar-refractivity contribution >= 4 is 11.0 Å². The summed E-state index contributed by atoms with van der Waals surface area (Å²) in [4.78, 5) is 12.0. The Bertz CT molecular complexity index is 747. The highest BCUT2D eigenvalue weighted by Gasteiger charge is 2.19. The average Bonchev–Trinajstić information content (AvgIpc) is 3.01. The summed E-state index contributed by atoms with van der Waals surface area (Å²) in [6.07, 6.45) is 2.10. The fourth-order valence-electron chi connectivity index (χ4n) is 2.90. The largest absolute Gasteiger partial charge is 0.491 e. The van der Waals surface area contributed by atoms with E-state index >= 15 is 0 Å². The minimum Gasteiger partial charge on any atom is -0.491 e. The second-order valence-corrected chi connectivity index (χ2v) is 6.21. The van der Waals surface area contributed by atoms with Gasteiger partial charge in [0, 0.05) is 17.0 Å². The summed E-state index contributed by atoms with van der Waals surface area (Å²) in [6, 6.07) is 5.48. The quantitative estimate of drug-likeness (QED) is 0.829. The van der Waals surface area contributed by atoms with Crippen LogP contribution in [0.2, 0.25) is 0 Å². The lowest BCUT2D eigenvalue weighted by Gasteiger charge is -2.14. The van der Waals surface area contributed by atoms with Gasteiger partial charge in [0.05, 0.1) is 12.7 Å². The zero-order valence-corrected chi connectivity index (χ0v) is 13.5. The summed E-state index contributed by atoms with van der Waals surface area (Å²) in [5, 5.41) is 10.8. The second kappa shape index (κ2) is 6.72. The van der Waals surface area contributed by atoms with E-state index in [-0.39, 0.29) is 24.9 Å². The number of hydrogen-bond acceptors (Lipinski definition) is 5. The number of hydrogen-bond donors (Lipinski definition) is 1. The molecular weight excluding hydrogens is 296 g/mol. The maximum absolute atomic E-state index is 12.0. The standard InChI is InChI=1S/C18H22O5/c1-11(2)21-9-12(19)10-22-13-6-7-15-14-4-3-5-16(14)18(20)23-17(15)8-13/h6-8,11-12,19H,3-5,9-10H2,1-2H3. The van der Waals surface area contributed by atoms with Crippen LogP contribution in [-0.4, -0.2) is 30.5 Å². The summed E-state index contributed by atoms with van der Waals surface area (Å²) in [7, 11) is 0. The smallest absolute Gasteiger partial charge is 0.339 e. The molecule has 1 unspecified atom stereocenters. The Morgan fingerprint density at radius 3 is 2.78 bits per heavy atom. The van der Waals surface area contributed by atoms with Gasteiger partial charge in [0.25, 0.3) is 0 Å². The number of rotatable bonds is 6. The Hall–Kier alpha value is -1.85. The van der Waals surface area contributed by atoms with E-state index in [2.05, 4.69) is 0 Å². The van der Waals surface area contributed by atoms with Gasteiger partial charge in [-0.15, -0.1) is 0 Å². The Morgan fingerprint density at radius 2 is 2.00 bits per heavy atom. The Morgan fingerprint density at radius 1 is 1.22 bits per heavy atom. The summed E-state index contributed by atoms with van der Waals surface area (Å²) in [6.45, 7) is 4.19. The van der Waals surface area contributed by atoms with Gasteiger partial charge in [0.2, 0.25) is 0 Å². The predicted molar refractivity (Wildman–Crippen MR) is 87.1 cm³/mol. The first-order valence-electron chi connectivity index (χ1n) is 8.05. The number of fused-ring (bicyclic) bond motifs is 3. The maximum atomic E-state index is 12.0. The van der Waals surface area contributed by atoms with Gasteiger partial charge in [-0.05, 0) is 50.8 Å². The van der Waals surface area contributed by atoms with Gasteiger partial charge in [-0.1, -0.05) is 0 Å². The van der Waals surface area contributed by atoms with Crippen LogP contribution in [0.15, 0.2) is 27.4 Å². The minimum absolute atomic E-state index is 0.0710. The molecule has 0 spiro atoms. The topological polar surface area (TPSA) is 68.9 Å². The Labute approximate surface area is 134 Å². The van der Waals surface area contributed by atoms with Crippen LogP contribution in [0.25, 0.3) is 11.0 Å². The van der Waals surface area contributed by atoms with Crippen molar-refractivity contribution in [2.75, 3.05) is 13.2 Å². The molecule has 0 saturated heterocycles. The molecule has 1 N–H and O–H groups in total. The van der Waals surface area contributed by atoms with Gasteiger partial charge >= 0.3 is 5.63 Å². The van der Waals surface area contributed by atoms with E-state index in [4.69, 9.17) is 13.9 Å². The van der Waals surface area contributed by atoms with Crippen molar-refractivity contribution in [1.29, 1.82) is 0 Å². The number of aliphatic hydroxyl groups is 1. The second-order valence-electron chi connectivity index (χ2n) is 6.21. The first kappa shape index (κ1) is 16.0. The molecule has 3 rings (SSSR count). The van der Waals surface area contributed by atoms with Gasteiger partial charge in [-0.3, -0.25) is 0 Å². The highest BCUT2D eigenvalue weighted by atomic mass is 16.5. The molecule has 1 atom stereocenters. The number of aryl methyl sites for hydroxylation is 1. The molecule has 0 radical (unpaired) electrons. The first-order valence-corrected chi connectivity index (χ1v) is 8.05. The molecule has 1 aliphatic rings. The molecule has 0 bridgehead atoms. The molecule has 1 heterocycles. The number of ether oxygens (including phenoxy) is 2. The highest BCUT2D eigenvalue weighted by molar-refractivity contribution is 5.83. The molecule has 0 amide bonds. The SMILES string of the molecule is CC(C)OCC(O)COc1ccc2c3c(c(=O)oc2c1)CCC3. The van der Waals surface area contributed by atoms with Crippen molar-refractivity contribution in [3.63, 3.8) is 0 Å². The van der Waals surface area contributed by atoms with Crippen LogP contribution in [-0.2, 0) is 17.6 Å². The van der Waals surface area contributed by atoms with Crippen LogP contribution in [0.5, 0.6) is 5.75 Å². The van der Waals surface area contributed by atoms with Gasteiger partial charge < -0.3 is 19.0 Å². The van der Waals surface area contributed by atoms with Gasteiger partial charge in [0.1, 0.15) is 24.0 Å². The van der Waals surface area contributed by atoms with E-state index < -0.39 is 6.10 Å². The van der Waals surface area contributed by atoms with Crippen molar-refractivity contribution in [2.45, 2.75) is 45.3 Å². The van der Waals surface area contributed by atoms with Crippen LogP contribution in [0.4, 0.5) is 0 Å². The van der Waals surface area contributed by atoms with E-state index in [0.29, 0.717) is 11.3 Å². The van der Waals surface area contributed by atoms with E-state index in [1.807, 2.05) is 26.0 Å². The van der Waals surface area contributed by atoms with Gasteiger partial charge in [0.15, 0.2) is 0 Å². The van der Waals surface area contributed by atoms with Crippen LogP contribution in [0.1, 0.15) is 31.4 Å². The molecule has 0 saturated carbocycles. The van der Waals surface area contributed by atoms with Crippen LogP contribution in [0.3, 0.4) is 0 Å². The van der Waals surface area contributed by atoms with Crippen molar-refractivity contribution in [3.8, 4) is 5.75 Å². The van der Waals surface area contributed by atoms with Gasteiger partial charge in [-0.25, -0.2) is 4.79 Å². The third-order valence-corrected chi connectivity index (χ3v) is 4.01. The molecule has 0 aliphatic heterocycles. The predicted octanol–water partition coefficient (Wildman–Crippen LogP) is 2.45. The third kappa shape index (κ3) is 3.57. The fourth-order valence-corrected chi connectivity index (χ4v) is 2.90. The van der Waals surface area contributed by atoms with E-state index in [1.54, 1.807) is 6.07 Å². The fraction of sp³-hybridized carbons (Fsp3) is 0.500. The third-order valence-electron chi connectivity index (χ3n) is 4.01. The Balaban J connectivity index is 1.74. The molecule has 23 heavy (non-hydrogen) atoms. The van der Waals surface area contributed by atoms with Crippen molar-refractivity contribution < 1.29 is 19.0 Å². The van der Waals surface area contributed by atoms with Crippen LogP contribution < -0.4 is 10.4 Å². The number of benzene rings is 1. The van der Waals surface area contributed by atoms with Crippen molar-refractivity contribution in [2.24, 2.45) is 0 Å². The summed E-state index contributed by atoms with van der Waals surface area (Å²) in [5.41, 5.74) is 2.22. The van der Waals surface area contributed by atoms with Crippen molar-refractivity contribution in [3.05, 3.63) is 39.7 Å². The summed E-state index contributed by atoms with van der Waals surface area (Å²) >= 11 is 0. The molecule has 5 nitrogen and oxygen atoms in total. The van der Waals surface area contributed by atoms with E-state index in [1.165, 1.54) is 0 Å². The molecule has 2 aromatic rings. The van der Waals surface area contributed by atoms with E-state index in [0.717, 1.165) is 35.8 Å². The maximum Gasteiger partial charge on any atom is 0.339 e. The lowest BCUT2D eigenvalue weighted by molar-refractivity contribution is -0.0122. The molecule has 1 aromatic carbocycles. The zero-order chi connectivity index (χ0) is 16.4. The average molecular weight is 318 g/mol. The molecule has 1 aromatic heterocycles. The normalized spacial score (nSPS) is 15.1. The summed E-state index contributed by atoms with van der Waals surface area (Å²) in [5.74, 6) is 0.571. The molecule has 0 fully saturated rings. The lowest BCUT2D eigenvalue weighted by Crippen LogP contribution is -2.25. The summed E-state index contributed by atoms with van der Waals surface area (Å²) < 4.78 is 16.3. The van der Waals surface area contributed by atoms with E-state index in [9.17, 15) is 9.90 Å². The molecule has 124 valence electrons. The zero-order valence-electron chi connectivity index (χ0n) is 13.5. The van der Waals surface area contributed by atoms with Crippen LogP contribution >= 0.6 is 0 Å².